The van der Waals surface area contributed by atoms with Gasteiger partial charge in [-0.2, -0.15) is 0 Å². The van der Waals surface area contributed by atoms with Crippen LogP contribution in [0.4, 0.5) is 0 Å². The quantitative estimate of drug-likeness (QED) is 0.798. The standard InChI is InChI=1S/C20H19N3O2/c24-19(22-18-10-9-14-5-1-2-6-15(14)18)11-12-23-13-21-17-8-4-3-7-16(17)20(23)25/h1-8,13,18H,9-12H2,(H,22,24). The summed E-state index contributed by atoms with van der Waals surface area (Å²) in [5.74, 6) is -0.0400. The molecule has 0 saturated heterocycles. The summed E-state index contributed by atoms with van der Waals surface area (Å²) < 4.78 is 1.50. The average molecular weight is 333 g/mol. The maximum absolute atomic E-state index is 12.4. The highest BCUT2D eigenvalue weighted by Crippen LogP contribution is 2.30. The van der Waals surface area contributed by atoms with Crippen LogP contribution in [-0.4, -0.2) is 15.5 Å². The number of aromatic nitrogens is 2. The molecule has 0 spiro atoms. The SMILES string of the molecule is O=C(CCn1cnc2ccccc2c1=O)NC1CCc2ccccc21. The Morgan fingerprint density at radius 2 is 1.96 bits per heavy atom. The van der Waals surface area contributed by atoms with E-state index < -0.39 is 0 Å². The minimum absolute atomic E-state index is 0.0400. The molecule has 1 aliphatic rings. The predicted molar refractivity (Wildman–Crippen MR) is 96.3 cm³/mol. The monoisotopic (exact) mass is 333 g/mol. The molecule has 3 aromatic rings. The number of carbonyl (C=O) groups is 1. The number of aryl methyl sites for hydroxylation is 2. The normalized spacial score (nSPS) is 15.9. The van der Waals surface area contributed by atoms with Gasteiger partial charge in [0.1, 0.15) is 0 Å². The molecule has 1 aromatic heterocycles. The Balaban J connectivity index is 1.43. The third kappa shape index (κ3) is 3.05. The third-order valence-corrected chi connectivity index (χ3v) is 4.78. The fourth-order valence-corrected chi connectivity index (χ4v) is 3.46. The molecule has 0 bridgehead atoms. The third-order valence-electron chi connectivity index (χ3n) is 4.78. The summed E-state index contributed by atoms with van der Waals surface area (Å²) in [5, 5.41) is 3.67. The van der Waals surface area contributed by atoms with Gasteiger partial charge < -0.3 is 5.32 Å². The number of para-hydroxylation sites is 1. The van der Waals surface area contributed by atoms with E-state index in [4.69, 9.17) is 0 Å². The van der Waals surface area contributed by atoms with Gasteiger partial charge in [-0.15, -0.1) is 0 Å². The molecule has 0 radical (unpaired) electrons. The van der Waals surface area contributed by atoms with Crippen LogP contribution in [0.25, 0.3) is 10.9 Å². The fraction of sp³-hybridized carbons (Fsp3) is 0.250. The number of carbonyl (C=O) groups excluding carboxylic acids is 1. The second-order valence-electron chi connectivity index (χ2n) is 6.37. The molecule has 1 amide bonds. The number of nitrogens with zero attached hydrogens (tertiary/aromatic N) is 2. The van der Waals surface area contributed by atoms with Crippen LogP contribution >= 0.6 is 0 Å². The van der Waals surface area contributed by atoms with Crippen molar-refractivity contribution >= 4 is 16.8 Å². The smallest absolute Gasteiger partial charge is 0.261 e. The van der Waals surface area contributed by atoms with Crippen LogP contribution in [0, 0.1) is 0 Å². The van der Waals surface area contributed by atoms with Gasteiger partial charge in [0.05, 0.1) is 23.3 Å². The topological polar surface area (TPSA) is 64.0 Å². The van der Waals surface area contributed by atoms with Crippen LogP contribution in [0.2, 0.25) is 0 Å². The van der Waals surface area contributed by atoms with Crippen molar-refractivity contribution in [2.45, 2.75) is 31.8 Å². The first kappa shape index (κ1) is 15.6. The first-order valence-electron chi connectivity index (χ1n) is 8.54. The van der Waals surface area contributed by atoms with E-state index in [0.29, 0.717) is 17.4 Å². The zero-order valence-corrected chi connectivity index (χ0v) is 13.8. The number of benzene rings is 2. The number of rotatable bonds is 4. The summed E-state index contributed by atoms with van der Waals surface area (Å²) in [6.45, 7) is 0.330. The van der Waals surface area contributed by atoms with Crippen LogP contribution in [0.1, 0.15) is 30.0 Å². The van der Waals surface area contributed by atoms with Crippen molar-refractivity contribution in [2.75, 3.05) is 0 Å². The largest absolute Gasteiger partial charge is 0.349 e. The van der Waals surface area contributed by atoms with Crippen LogP contribution < -0.4 is 10.9 Å². The van der Waals surface area contributed by atoms with E-state index in [1.165, 1.54) is 22.0 Å². The second-order valence-corrected chi connectivity index (χ2v) is 6.37. The number of fused-ring (bicyclic) bond motifs is 2. The fourth-order valence-electron chi connectivity index (χ4n) is 3.46. The molecule has 126 valence electrons. The minimum Gasteiger partial charge on any atom is -0.349 e. The van der Waals surface area contributed by atoms with Crippen molar-refractivity contribution in [1.82, 2.24) is 14.9 Å². The lowest BCUT2D eigenvalue weighted by atomic mass is 10.1. The van der Waals surface area contributed by atoms with E-state index >= 15 is 0 Å². The summed E-state index contributed by atoms with van der Waals surface area (Å²) in [6.07, 6.45) is 3.71. The van der Waals surface area contributed by atoms with Crippen LogP contribution in [0.15, 0.2) is 59.7 Å². The van der Waals surface area contributed by atoms with Crippen molar-refractivity contribution in [3.63, 3.8) is 0 Å². The van der Waals surface area contributed by atoms with Gasteiger partial charge in [-0.3, -0.25) is 14.2 Å². The molecule has 25 heavy (non-hydrogen) atoms. The lowest BCUT2D eigenvalue weighted by molar-refractivity contribution is -0.122. The highest BCUT2D eigenvalue weighted by molar-refractivity contribution is 5.78. The summed E-state index contributed by atoms with van der Waals surface area (Å²) in [5.41, 5.74) is 3.09. The van der Waals surface area contributed by atoms with Gasteiger partial charge in [-0.05, 0) is 36.1 Å². The molecule has 0 aliphatic heterocycles. The van der Waals surface area contributed by atoms with Gasteiger partial charge in [0.25, 0.3) is 5.56 Å². The lowest BCUT2D eigenvalue weighted by Crippen LogP contribution is -2.29. The minimum atomic E-state index is -0.107. The first-order chi connectivity index (χ1) is 12.2. The van der Waals surface area contributed by atoms with Gasteiger partial charge in [-0.1, -0.05) is 36.4 Å². The number of nitrogens with one attached hydrogen (secondary N) is 1. The maximum atomic E-state index is 12.4. The molecule has 0 saturated carbocycles. The van der Waals surface area contributed by atoms with Crippen molar-refractivity contribution < 1.29 is 4.79 Å². The van der Waals surface area contributed by atoms with Crippen LogP contribution in [-0.2, 0) is 17.8 Å². The zero-order valence-electron chi connectivity index (χ0n) is 13.8. The van der Waals surface area contributed by atoms with Crippen LogP contribution in [0.3, 0.4) is 0 Å². The van der Waals surface area contributed by atoms with Gasteiger partial charge in [0, 0.05) is 13.0 Å². The molecule has 5 nitrogen and oxygen atoms in total. The van der Waals surface area contributed by atoms with E-state index in [0.717, 1.165) is 12.8 Å². The summed E-state index contributed by atoms with van der Waals surface area (Å²) in [6, 6.07) is 15.5. The number of hydrogen-bond donors (Lipinski definition) is 1. The molecule has 1 unspecified atom stereocenters. The molecule has 1 aliphatic carbocycles. The van der Waals surface area contributed by atoms with Gasteiger partial charge in [0.15, 0.2) is 0 Å². The number of hydrogen-bond acceptors (Lipinski definition) is 3. The Morgan fingerprint density at radius 1 is 1.16 bits per heavy atom. The first-order valence-corrected chi connectivity index (χ1v) is 8.54. The van der Waals surface area contributed by atoms with Crippen molar-refractivity contribution in [2.24, 2.45) is 0 Å². The molecular formula is C20H19N3O2. The molecular weight excluding hydrogens is 314 g/mol. The van der Waals surface area contributed by atoms with Crippen molar-refractivity contribution in [3.8, 4) is 0 Å². The summed E-state index contributed by atoms with van der Waals surface area (Å²) in [4.78, 5) is 29.0. The Labute approximate surface area is 145 Å². The van der Waals surface area contributed by atoms with E-state index in [1.54, 1.807) is 6.07 Å². The Bertz CT molecular complexity index is 993. The van der Waals surface area contributed by atoms with Gasteiger partial charge in [-0.25, -0.2) is 4.98 Å². The molecule has 2 aromatic carbocycles. The maximum Gasteiger partial charge on any atom is 0.261 e. The van der Waals surface area contributed by atoms with E-state index in [-0.39, 0.29) is 23.9 Å². The average Bonchev–Trinajstić information content (AvgIpc) is 3.04. The van der Waals surface area contributed by atoms with E-state index in [1.807, 2.05) is 30.3 Å². The molecule has 1 heterocycles. The summed E-state index contributed by atoms with van der Waals surface area (Å²) in [7, 11) is 0. The zero-order chi connectivity index (χ0) is 17.2. The van der Waals surface area contributed by atoms with E-state index in [2.05, 4.69) is 22.4 Å². The molecule has 1 atom stereocenters. The molecule has 4 rings (SSSR count). The molecule has 0 fully saturated rings. The second kappa shape index (κ2) is 6.51. The predicted octanol–water partition coefficient (Wildman–Crippen LogP) is 2.59. The Kier molecular flexibility index (Phi) is 4.06. The van der Waals surface area contributed by atoms with Crippen molar-refractivity contribution in [3.05, 3.63) is 76.3 Å². The Hall–Kier alpha value is -2.95. The molecule has 1 N–H and O–H groups in total. The molecule has 5 heteroatoms. The van der Waals surface area contributed by atoms with Crippen LogP contribution in [0.5, 0.6) is 0 Å². The lowest BCUT2D eigenvalue weighted by Gasteiger charge is -2.14. The summed E-state index contributed by atoms with van der Waals surface area (Å²) >= 11 is 0. The van der Waals surface area contributed by atoms with Crippen molar-refractivity contribution in [1.29, 1.82) is 0 Å². The van der Waals surface area contributed by atoms with E-state index in [9.17, 15) is 9.59 Å². The van der Waals surface area contributed by atoms with Gasteiger partial charge in [0.2, 0.25) is 5.91 Å². The van der Waals surface area contributed by atoms with Gasteiger partial charge >= 0.3 is 0 Å². The Morgan fingerprint density at radius 3 is 2.88 bits per heavy atom. The highest BCUT2D eigenvalue weighted by Gasteiger charge is 2.23. The number of amides is 1. The highest BCUT2D eigenvalue weighted by atomic mass is 16.2.